The van der Waals surface area contributed by atoms with Crippen LogP contribution in [0.25, 0.3) is 0 Å². The van der Waals surface area contributed by atoms with Gasteiger partial charge in [-0.05, 0) is 42.3 Å². The quantitative estimate of drug-likeness (QED) is 0.416. The molecule has 0 bridgehead atoms. The predicted molar refractivity (Wildman–Crippen MR) is 125 cm³/mol. The molecule has 11 heteroatoms. The highest BCUT2D eigenvalue weighted by atomic mass is 19.4. The van der Waals surface area contributed by atoms with Gasteiger partial charge in [-0.3, -0.25) is 9.59 Å². The summed E-state index contributed by atoms with van der Waals surface area (Å²) in [4.78, 5) is 32.3. The number of carbonyl (C=O) groups excluding carboxylic acids is 2. The molecule has 2 aromatic rings. The van der Waals surface area contributed by atoms with Crippen LogP contribution in [0.2, 0.25) is 0 Å². The number of oxime groups is 1. The summed E-state index contributed by atoms with van der Waals surface area (Å²) in [5.74, 6) is -0.0971. The van der Waals surface area contributed by atoms with Crippen molar-refractivity contribution in [3.8, 4) is 5.75 Å². The van der Waals surface area contributed by atoms with Gasteiger partial charge in [-0.15, -0.1) is 0 Å². The summed E-state index contributed by atoms with van der Waals surface area (Å²) in [6.07, 6.45) is -3.98. The van der Waals surface area contributed by atoms with E-state index in [-0.39, 0.29) is 30.6 Å². The van der Waals surface area contributed by atoms with Gasteiger partial charge >= 0.3 is 6.18 Å². The minimum absolute atomic E-state index is 0.000900. The lowest BCUT2D eigenvalue weighted by Crippen LogP contribution is -2.52. The smallest absolute Gasteiger partial charge is 0.416 e. The van der Waals surface area contributed by atoms with Crippen LogP contribution >= 0.6 is 0 Å². The number of nitrogens with zero attached hydrogens (tertiary/aromatic N) is 3. The summed E-state index contributed by atoms with van der Waals surface area (Å²) in [6, 6.07) is 12.0. The van der Waals surface area contributed by atoms with E-state index in [9.17, 15) is 22.8 Å². The van der Waals surface area contributed by atoms with Gasteiger partial charge in [-0.1, -0.05) is 30.3 Å². The lowest BCUT2D eigenvalue weighted by Gasteiger charge is -2.34. The number of halogens is 3. The van der Waals surface area contributed by atoms with E-state index in [1.54, 1.807) is 29.2 Å². The Bertz CT molecular complexity index is 1070. The van der Waals surface area contributed by atoms with E-state index in [4.69, 9.17) is 14.7 Å². The molecule has 194 valence electrons. The molecule has 1 aliphatic rings. The summed E-state index contributed by atoms with van der Waals surface area (Å²) < 4.78 is 45.0. The molecule has 0 radical (unpaired) electrons. The van der Waals surface area contributed by atoms with Crippen LogP contribution in [-0.4, -0.2) is 71.8 Å². The number of hydrogen-bond acceptors (Lipinski definition) is 6. The summed E-state index contributed by atoms with van der Waals surface area (Å²) in [6.45, 7) is 2.30. The number of aliphatic hydroxyl groups is 1. The molecule has 1 saturated heterocycles. The normalized spacial score (nSPS) is 14.5. The van der Waals surface area contributed by atoms with Gasteiger partial charge in [-0.25, -0.2) is 0 Å². The predicted octanol–water partition coefficient (Wildman–Crippen LogP) is 3.08. The van der Waals surface area contributed by atoms with E-state index in [2.05, 4.69) is 5.16 Å². The number of ether oxygens (including phenoxy) is 1. The Morgan fingerprint density at radius 2 is 1.58 bits per heavy atom. The maximum atomic E-state index is 13.1. The van der Waals surface area contributed by atoms with Gasteiger partial charge in [-0.2, -0.15) is 13.2 Å². The van der Waals surface area contributed by atoms with Crippen molar-refractivity contribution in [3.63, 3.8) is 0 Å². The maximum Gasteiger partial charge on any atom is 0.416 e. The van der Waals surface area contributed by atoms with Crippen molar-refractivity contribution >= 4 is 17.5 Å². The van der Waals surface area contributed by atoms with Crippen molar-refractivity contribution < 1.29 is 37.4 Å². The molecule has 0 saturated carbocycles. The SMILES string of the molecule is CCC(=NOCc1ccccc1C(F)(F)F)c1ccc(OCC(=O)N2CCN(C(=O)CO)CC2)cc1. The monoisotopic (exact) mass is 507 g/mol. The first-order valence-electron chi connectivity index (χ1n) is 11.5. The van der Waals surface area contributed by atoms with Gasteiger partial charge in [0.1, 0.15) is 19.0 Å². The number of carbonyl (C=O) groups is 2. The van der Waals surface area contributed by atoms with Gasteiger partial charge in [0.15, 0.2) is 6.61 Å². The molecule has 0 atom stereocenters. The van der Waals surface area contributed by atoms with Gasteiger partial charge < -0.3 is 24.5 Å². The number of benzene rings is 2. The second-order valence-electron chi connectivity index (χ2n) is 8.05. The maximum absolute atomic E-state index is 13.1. The molecule has 1 fully saturated rings. The minimum Gasteiger partial charge on any atom is -0.484 e. The van der Waals surface area contributed by atoms with Crippen LogP contribution in [0.15, 0.2) is 53.7 Å². The summed E-state index contributed by atoms with van der Waals surface area (Å²) in [5.41, 5.74) is 0.510. The van der Waals surface area contributed by atoms with Gasteiger partial charge in [0.2, 0.25) is 5.91 Å². The fourth-order valence-corrected chi connectivity index (χ4v) is 3.71. The summed E-state index contributed by atoms with van der Waals surface area (Å²) in [7, 11) is 0. The van der Waals surface area contributed by atoms with E-state index in [0.29, 0.717) is 49.6 Å². The lowest BCUT2D eigenvalue weighted by atomic mass is 10.1. The fraction of sp³-hybridized carbons (Fsp3) is 0.400. The Kier molecular flexibility index (Phi) is 9.29. The highest BCUT2D eigenvalue weighted by molar-refractivity contribution is 6.00. The number of hydrogen-bond donors (Lipinski definition) is 1. The van der Waals surface area contributed by atoms with Crippen LogP contribution in [0.3, 0.4) is 0 Å². The molecular weight excluding hydrogens is 479 g/mol. The standard InChI is InChI=1S/C25H28F3N3O5/c1-2-22(29-36-16-19-5-3-4-6-21(19)25(26,27)28)18-7-9-20(10-8-18)35-17-24(34)31-13-11-30(12-14-31)23(33)15-32/h3-10,32H,2,11-17H2,1H3. The van der Waals surface area contributed by atoms with E-state index >= 15 is 0 Å². The van der Waals surface area contributed by atoms with Crippen LogP contribution in [-0.2, 0) is 27.2 Å². The first-order valence-corrected chi connectivity index (χ1v) is 11.5. The first kappa shape index (κ1) is 27.0. The molecule has 1 aliphatic heterocycles. The number of piperazine rings is 1. The van der Waals surface area contributed by atoms with Crippen molar-refractivity contribution in [3.05, 3.63) is 65.2 Å². The minimum atomic E-state index is -4.47. The Balaban J connectivity index is 1.52. The molecule has 0 aliphatic carbocycles. The van der Waals surface area contributed by atoms with Gasteiger partial charge in [0, 0.05) is 31.7 Å². The third-order valence-corrected chi connectivity index (χ3v) is 5.72. The van der Waals surface area contributed by atoms with E-state index in [1.165, 1.54) is 23.1 Å². The van der Waals surface area contributed by atoms with Crippen LogP contribution < -0.4 is 4.74 Å². The fourth-order valence-electron chi connectivity index (χ4n) is 3.71. The van der Waals surface area contributed by atoms with Gasteiger partial charge in [0.25, 0.3) is 5.91 Å². The number of alkyl halides is 3. The Morgan fingerprint density at radius 3 is 2.17 bits per heavy atom. The Hall–Kier alpha value is -3.60. The van der Waals surface area contributed by atoms with E-state index < -0.39 is 18.3 Å². The average molecular weight is 508 g/mol. The molecule has 3 rings (SSSR count). The second kappa shape index (κ2) is 12.4. The van der Waals surface area contributed by atoms with E-state index in [0.717, 1.165) is 6.07 Å². The van der Waals surface area contributed by atoms with Crippen LogP contribution in [0.1, 0.15) is 30.0 Å². The van der Waals surface area contributed by atoms with Crippen molar-refractivity contribution in [1.82, 2.24) is 9.80 Å². The molecule has 36 heavy (non-hydrogen) atoms. The highest BCUT2D eigenvalue weighted by Gasteiger charge is 2.33. The van der Waals surface area contributed by atoms with Crippen molar-refractivity contribution in [2.24, 2.45) is 5.16 Å². The second-order valence-corrected chi connectivity index (χ2v) is 8.05. The molecule has 2 amide bonds. The van der Waals surface area contributed by atoms with Crippen molar-refractivity contribution in [2.45, 2.75) is 26.1 Å². The largest absolute Gasteiger partial charge is 0.484 e. The average Bonchev–Trinajstić information content (AvgIpc) is 2.89. The first-order chi connectivity index (χ1) is 17.2. The van der Waals surface area contributed by atoms with Gasteiger partial charge in [0.05, 0.1) is 11.3 Å². The third-order valence-electron chi connectivity index (χ3n) is 5.72. The zero-order chi connectivity index (χ0) is 26.1. The molecule has 2 aromatic carbocycles. The van der Waals surface area contributed by atoms with Crippen LogP contribution in [0, 0.1) is 0 Å². The molecule has 8 nitrogen and oxygen atoms in total. The third kappa shape index (κ3) is 7.20. The van der Waals surface area contributed by atoms with E-state index in [1.807, 2.05) is 6.92 Å². The van der Waals surface area contributed by atoms with Crippen LogP contribution in [0.4, 0.5) is 13.2 Å². The molecule has 0 aromatic heterocycles. The summed E-state index contributed by atoms with van der Waals surface area (Å²) in [5, 5.41) is 12.9. The lowest BCUT2D eigenvalue weighted by molar-refractivity contribution is -0.142. The number of rotatable bonds is 9. The summed E-state index contributed by atoms with van der Waals surface area (Å²) >= 11 is 0. The zero-order valence-corrected chi connectivity index (χ0v) is 19.8. The zero-order valence-electron chi connectivity index (χ0n) is 19.8. The molecule has 1 heterocycles. The molecule has 1 N–H and O–H groups in total. The Labute approximate surface area is 206 Å². The van der Waals surface area contributed by atoms with Crippen molar-refractivity contribution in [2.75, 3.05) is 39.4 Å². The topological polar surface area (TPSA) is 91.7 Å². The van der Waals surface area contributed by atoms with Crippen molar-refractivity contribution in [1.29, 1.82) is 0 Å². The number of amides is 2. The number of aliphatic hydroxyl groups excluding tert-OH is 1. The molecule has 0 unspecified atom stereocenters. The highest BCUT2D eigenvalue weighted by Crippen LogP contribution is 2.32. The molecular formula is C25H28F3N3O5. The van der Waals surface area contributed by atoms with Crippen LogP contribution in [0.5, 0.6) is 5.75 Å². The molecule has 0 spiro atoms. The Morgan fingerprint density at radius 1 is 0.972 bits per heavy atom.